The van der Waals surface area contributed by atoms with Crippen LogP contribution >= 0.6 is 0 Å². The third-order valence-corrected chi connectivity index (χ3v) is 2.73. The zero-order valence-electron chi connectivity index (χ0n) is 11.6. The Hall–Kier alpha value is -2.53. The van der Waals surface area contributed by atoms with E-state index in [-0.39, 0.29) is 12.6 Å². The number of urea groups is 1. The lowest BCUT2D eigenvalue weighted by Crippen LogP contribution is -2.30. The maximum absolute atomic E-state index is 11.7. The van der Waals surface area contributed by atoms with Crippen LogP contribution in [0.1, 0.15) is 6.42 Å². The summed E-state index contributed by atoms with van der Waals surface area (Å²) in [6.45, 7) is 0.470. The molecule has 0 heterocycles. The van der Waals surface area contributed by atoms with Crippen molar-refractivity contribution in [3.63, 3.8) is 0 Å². The van der Waals surface area contributed by atoms with Crippen LogP contribution in [-0.4, -0.2) is 24.3 Å². The maximum atomic E-state index is 11.7. The monoisotopic (exact) mass is 286 g/mol. The third kappa shape index (κ3) is 4.81. The molecule has 110 valence electrons. The average Bonchev–Trinajstić information content (AvgIpc) is 2.51. The second kappa shape index (κ2) is 7.91. The van der Waals surface area contributed by atoms with Crippen molar-refractivity contribution in [1.82, 2.24) is 5.32 Å². The van der Waals surface area contributed by atoms with E-state index in [2.05, 4.69) is 10.6 Å². The highest BCUT2D eigenvalue weighted by Gasteiger charge is 2.07. The van der Waals surface area contributed by atoms with E-state index in [1.165, 1.54) is 0 Å². The van der Waals surface area contributed by atoms with Gasteiger partial charge < -0.3 is 20.5 Å². The Kier molecular flexibility index (Phi) is 5.60. The molecule has 0 aliphatic heterocycles. The fraction of sp³-hybridized carbons (Fsp3) is 0.188. The summed E-state index contributed by atoms with van der Waals surface area (Å²) < 4.78 is 5.75. The van der Waals surface area contributed by atoms with Crippen molar-refractivity contribution in [2.75, 3.05) is 18.5 Å². The molecule has 0 saturated heterocycles. The van der Waals surface area contributed by atoms with Crippen LogP contribution in [0.4, 0.5) is 10.5 Å². The first kappa shape index (κ1) is 14.9. The van der Waals surface area contributed by atoms with Gasteiger partial charge in [-0.2, -0.15) is 0 Å². The van der Waals surface area contributed by atoms with E-state index in [0.717, 1.165) is 0 Å². The highest BCUT2D eigenvalue weighted by Crippen LogP contribution is 2.28. The molecule has 0 atom stereocenters. The zero-order valence-corrected chi connectivity index (χ0v) is 11.6. The van der Waals surface area contributed by atoms with Crippen LogP contribution in [0.2, 0.25) is 0 Å². The van der Waals surface area contributed by atoms with Gasteiger partial charge in [0.15, 0.2) is 5.75 Å². The summed E-state index contributed by atoms with van der Waals surface area (Å²) in [6, 6.07) is 16.3. The number of ether oxygens (including phenoxy) is 1. The Morgan fingerprint density at radius 2 is 1.76 bits per heavy atom. The van der Waals surface area contributed by atoms with Crippen LogP contribution < -0.4 is 15.4 Å². The summed E-state index contributed by atoms with van der Waals surface area (Å²) in [7, 11) is 0. The Balaban J connectivity index is 2.01. The summed E-state index contributed by atoms with van der Waals surface area (Å²) in [5, 5.41) is 14.1. The Labute approximate surface area is 123 Å². The Morgan fingerprint density at radius 3 is 2.52 bits per heavy atom. The van der Waals surface area contributed by atoms with Gasteiger partial charge >= 0.3 is 6.03 Å². The van der Waals surface area contributed by atoms with E-state index in [4.69, 9.17) is 9.84 Å². The molecule has 2 aromatic rings. The van der Waals surface area contributed by atoms with Crippen molar-refractivity contribution in [3.8, 4) is 11.5 Å². The number of hydrogen-bond acceptors (Lipinski definition) is 3. The molecular formula is C16H18N2O3. The van der Waals surface area contributed by atoms with Crippen molar-refractivity contribution in [1.29, 1.82) is 0 Å². The van der Waals surface area contributed by atoms with Crippen LogP contribution in [0.3, 0.4) is 0 Å². The molecule has 2 amide bonds. The summed E-state index contributed by atoms with van der Waals surface area (Å²) in [4.78, 5) is 11.7. The zero-order chi connectivity index (χ0) is 14.9. The summed E-state index contributed by atoms with van der Waals surface area (Å²) >= 11 is 0. The van der Waals surface area contributed by atoms with Crippen molar-refractivity contribution in [2.24, 2.45) is 0 Å². The van der Waals surface area contributed by atoms with Crippen molar-refractivity contribution in [3.05, 3.63) is 54.6 Å². The van der Waals surface area contributed by atoms with Crippen molar-refractivity contribution < 1.29 is 14.6 Å². The predicted molar refractivity (Wildman–Crippen MR) is 81.7 cm³/mol. The van der Waals surface area contributed by atoms with Gasteiger partial charge in [-0.1, -0.05) is 30.3 Å². The molecule has 5 heteroatoms. The minimum Gasteiger partial charge on any atom is -0.455 e. The number of carbonyl (C=O) groups is 1. The van der Waals surface area contributed by atoms with Crippen LogP contribution in [0.25, 0.3) is 0 Å². The van der Waals surface area contributed by atoms with Gasteiger partial charge in [0.2, 0.25) is 0 Å². The molecule has 0 spiro atoms. The average molecular weight is 286 g/mol. The number of amides is 2. The van der Waals surface area contributed by atoms with E-state index in [0.29, 0.717) is 30.2 Å². The van der Waals surface area contributed by atoms with Gasteiger partial charge in [0.25, 0.3) is 0 Å². The Morgan fingerprint density at radius 1 is 1.05 bits per heavy atom. The van der Waals surface area contributed by atoms with Gasteiger partial charge in [-0.05, 0) is 30.7 Å². The Bertz CT molecular complexity index is 573. The number of aliphatic hydroxyl groups is 1. The minimum atomic E-state index is -0.326. The number of anilines is 1. The first-order valence-electron chi connectivity index (χ1n) is 6.77. The number of benzene rings is 2. The molecule has 0 aliphatic carbocycles. The largest absolute Gasteiger partial charge is 0.455 e. The molecule has 0 aromatic heterocycles. The number of rotatable bonds is 6. The topological polar surface area (TPSA) is 70.6 Å². The van der Waals surface area contributed by atoms with Gasteiger partial charge in [-0.3, -0.25) is 0 Å². The SMILES string of the molecule is O=C(NCCCO)Nc1ccccc1Oc1ccccc1. The molecule has 0 saturated carbocycles. The summed E-state index contributed by atoms with van der Waals surface area (Å²) in [5.74, 6) is 1.27. The third-order valence-electron chi connectivity index (χ3n) is 2.73. The molecule has 0 aliphatic rings. The van der Waals surface area contributed by atoms with Gasteiger partial charge in [-0.25, -0.2) is 4.79 Å². The van der Waals surface area contributed by atoms with Crippen LogP contribution in [0.15, 0.2) is 54.6 Å². The maximum Gasteiger partial charge on any atom is 0.319 e. The standard InChI is InChI=1S/C16H18N2O3/c19-12-6-11-17-16(20)18-14-9-4-5-10-15(14)21-13-7-2-1-3-8-13/h1-5,7-10,19H,6,11-12H2,(H2,17,18,20). The number of hydrogen-bond donors (Lipinski definition) is 3. The van der Waals surface area contributed by atoms with Crippen molar-refractivity contribution in [2.45, 2.75) is 6.42 Å². The molecule has 0 unspecified atom stereocenters. The smallest absolute Gasteiger partial charge is 0.319 e. The molecule has 3 N–H and O–H groups in total. The lowest BCUT2D eigenvalue weighted by Gasteiger charge is -2.12. The van der Waals surface area contributed by atoms with Gasteiger partial charge in [0.05, 0.1) is 5.69 Å². The molecule has 0 fully saturated rings. The van der Waals surface area contributed by atoms with Gasteiger partial charge in [-0.15, -0.1) is 0 Å². The van der Waals surface area contributed by atoms with Gasteiger partial charge in [0, 0.05) is 13.2 Å². The fourth-order valence-corrected chi connectivity index (χ4v) is 1.72. The molecule has 5 nitrogen and oxygen atoms in total. The molecule has 2 aromatic carbocycles. The first-order valence-corrected chi connectivity index (χ1v) is 6.77. The van der Waals surface area contributed by atoms with E-state index in [1.54, 1.807) is 12.1 Å². The molecule has 21 heavy (non-hydrogen) atoms. The lowest BCUT2D eigenvalue weighted by atomic mass is 10.3. The van der Waals surface area contributed by atoms with Gasteiger partial charge in [0.1, 0.15) is 5.75 Å². The molecular weight excluding hydrogens is 268 g/mol. The predicted octanol–water partition coefficient (Wildman–Crippen LogP) is 2.98. The first-order chi connectivity index (χ1) is 10.3. The number of aliphatic hydroxyl groups excluding tert-OH is 1. The number of carbonyl (C=O) groups excluding carboxylic acids is 1. The quantitative estimate of drug-likeness (QED) is 0.715. The molecule has 0 bridgehead atoms. The number of para-hydroxylation sites is 3. The second-order valence-corrected chi connectivity index (χ2v) is 4.37. The number of nitrogens with one attached hydrogen (secondary N) is 2. The van der Waals surface area contributed by atoms with Crippen LogP contribution in [0, 0.1) is 0 Å². The lowest BCUT2D eigenvalue weighted by molar-refractivity contribution is 0.248. The van der Waals surface area contributed by atoms with E-state index in [1.807, 2.05) is 42.5 Å². The summed E-state index contributed by atoms with van der Waals surface area (Å²) in [5.41, 5.74) is 0.586. The van der Waals surface area contributed by atoms with Crippen LogP contribution in [-0.2, 0) is 0 Å². The molecule has 2 rings (SSSR count). The van der Waals surface area contributed by atoms with Crippen molar-refractivity contribution >= 4 is 11.7 Å². The second-order valence-electron chi connectivity index (χ2n) is 4.37. The highest BCUT2D eigenvalue weighted by molar-refractivity contribution is 5.90. The van der Waals surface area contributed by atoms with E-state index >= 15 is 0 Å². The van der Waals surface area contributed by atoms with Crippen LogP contribution in [0.5, 0.6) is 11.5 Å². The molecule has 0 radical (unpaired) electrons. The summed E-state index contributed by atoms with van der Waals surface area (Å²) in [6.07, 6.45) is 0.523. The normalized spacial score (nSPS) is 9.95. The van der Waals surface area contributed by atoms with E-state index in [9.17, 15) is 4.79 Å². The minimum absolute atomic E-state index is 0.0496. The highest BCUT2D eigenvalue weighted by atomic mass is 16.5. The van der Waals surface area contributed by atoms with E-state index < -0.39 is 0 Å². The fourth-order valence-electron chi connectivity index (χ4n) is 1.72.